The molecule has 2 heteroatoms. The number of fused-ring (bicyclic) bond motifs is 3. The second kappa shape index (κ2) is 3.86. The molecule has 3 aliphatic heterocycles. The van der Waals surface area contributed by atoms with E-state index in [9.17, 15) is 5.21 Å². The van der Waals surface area contributed by atoms with E-state index in [-0.39, 0.29) is 4.65 Å². The molecule has 1 atom stereocenters. The highest BCUT2D eigenvalue weighted by Gasteiger charge is 2.40. The molecule has 3 saturated heterocycles. The summed E-state index contributed by atoms with van der Waals surface area (Å²) < 4.78 is 0.0913. The molecule has 0 saturated carbocycles. The molecule has 3 aliphatic rings. The van der Waals surface area contributed by atoms with E-state index < -0.39 is 0 Å². The molecule has 0 N–H and O–H groups in total. The van der Waals surface area contributed by atoms with Crippen molar-refractivity contribution in [1.82, 2.24) is 0 Å². The van der Waals surface area contributed by atoms with Crippen LogP contribution in [0, 0.1) is 17.0 Å². The summed E-state index contributed by atoms with van der Waals surface area (Å²) in [5.41, 5.74) is 1.40. The number of hydrogen-bond acceptors (Lipinski definition) is 1. The third kappa shape index (κ3) is 1.87. The zero-order valence-electron chi connectivity index (χ0n) is 9.64. The fraction of sp³-hybridized carbons (Fsp3) is 0.571. The van der Waals surface area contributed by atoms with Crippen LogP contribution in [0.1, 0.15) is 18.4 Å². The Kier molecular flexibility index (Phi) is 2.49. The van der Waals surface area contributed by atoms with Gasteiger partial charge in [0.2, 0.25) is 0 Å². The SMILES string of the molecule is [O-][N+]12CCC(CC1)C(Cc1ccccc1)C2. The molecule has 0 amide bonds. The molecule has 2 bridgehead atoms. The Morgan fingerprint density at radius 2 is 1.81 bits per heavy atom. The van der Waals surface area contributed by atoms with E-state index in [1.807, 2.05) is 0 Å². The first-order chi connectivity index (χ1) is 7.75. The summed E-state index contributed by atoms with van der Waals surface area (Å²) >= 11 is 0. The largest absolute Gasteiger partial charge is 0.633 e. The van der Waals surface area contributed by atoms with Crippen LogP contribution in [0.2, 0.25) is 0 Å². The summed E-state index contributed by atoms with van der Waals surface area (Å²) in [6.07, 6.45) is 3.41. The van der Waals surface area contributed by atoms with Crippen LogP contribution in [0.25, 0.3) is 0 Å². The fourth-order valence-corrected chi connectivity index (χ4v) is 3.44. The van der Waals surface area contributed by atoms with E-state index in [1.54, 1.807) is 0 Å². The highest BCUT2D eigenvalue weighted by atomic mass is 16.5. The first kappa shape index (κ1) is 10.3. The van der Waals surface area contributed by atoms with Gasteiger partial charge in [-0.15, -0.1) is 0 Å². The van der Waals surface area contributed by atoms with Gasteiger partial charge in [-0.3, -0.25) is 0 Å². The third-order valence-electron chi connectivity index (χ3n) is 4.39. The van der Waals surface area contributed by atoms with Gasteiger partial charge < -0.3 is 9.85 Å². The Morgan fingerprint density at radius 1 is 1.12 bits per heavy atom. The van der Waals surface area contributed by atoms with Crippen LogP contribution in [0.5, 0.6) is 0 Å². The van der Waals surface area contributed by atoms with E-state index in [0.29, 0.717) is 5.92 Å². The molecule has 1 unspecified atom stereocenters. The van der Waals surface area contributed by atoms with E-state index in [0.717, 1.165) is 44.8 Å². The monoisotopic (exact) mass is 217 g/mol. The van der Waals surface area contributed by atoms with Crippen LogP contribution in [-0.4, -0.2) is 24.3 Å². The molecule has 0 aromatic heterocycles. The molecule has 2 nitrogen and oxygen atoms in total. The fourth-order valence-electron chi connectivity index (χ4n) is 3.44. The van der Waals surface area contributed by atoms with Gasteiger partial charge in [0.15, 0.2) is 0 Å². The Morgan fingerprint density at radius 3 is 2.44 bits per heavy atom. The van der Waals surface area contributed by atoms with Gasteiger partial charge >= 0.3 is 0 Å². The van der Waals surface area contributed by atoms with Gasteiger partial charge in [-0.25, -0.2) is 0 Å². The Bertz CT molecular complexity index is 354. The minimum Gasteiger partial charge on any atom is -0.633 e. The van der Waals surface area contributed by atoms with E-state index in [2.05, 4.69) is 30.3 Å². The smallest absolute Gasteiger partial charge is 0.0818 e. The van der Waals surface area contributed by atoms with Gasteiger partial charge in [-0.05, 0) is 17.9 Å². The van der Waals surface area contributed by atoms with E-state index >= 15 is 0 Å². The average Bonchev–Trinajstić information content (AvgIpc) is 2.30. The molecule has 3 heterocycles. The second-order valence-electron chi connectivity index (χ2n) is 5.48. The first-order valence-corrected chi connectivity index (χ1v) is 6.36. The highest BCUT2D eigenvalue weighted by molar-refractivity contribution is 5.15. The number of hydrogen-bond donors (Lipinski definition) is 0. The van der Waals surface area contributed by atoms with Crippen LogP contribution in [-0.2, 0) is 6.42 Å². The molecule has 0 aliphatic carbocycles. The maximum Gasteiger partial charge on any atom is 0.0818 e. The molecular formula is C14H19NO. The van der Waals surface area contributed by atoms with Crippen LogP contribution < -0.4 is 0 Å². The van der Waals surface area contributed by atoms with Crippen molar-refractivity contribution in [2.45, 2.75) is 19.3 Å². The first-order valence-electron chi connectivity index (χ1n) is 6.36. The standard InChI is InChI=1S/C14H19NO/c16-15-8-6-13(7-9-15)14(11-15)10-12-4-2-1-3-5-12/h1-5,13-14H,6-11H2. The lowest BCUT2D eigenvalue weighted by Gasteiger charge is -2.55. The van der Waals surface area contributed by atoms with Crippen molar-refractivity contribution >= 4 is 0 Å². The molecule has 16 heavy (non-hydrogen) atoms. The average molecular weight is 217 g/mol. The lowest BCUT2D eigenvalue weighted by Crippen LogP contribution is -2.58. The Labute approximate surface area is 97.1 Å². The number of piperidine rings is 3. The van der Waals surface area contributed by atoms with Gasteiger partial charge in [-0.1, -0.05) is 30.3 Å². The summed E-state index contributed by atoms with van der Waals surface area (Å²) in [4.78, 5) is 0. The summed E-state index contributed by atoms with van der Waals surface area (Å²) in [5, 5.41) is 12.3. The van der Waals surface area contributed by atoms with Gasteiger partial charge in [0.05, 0.1) is 19.6 Å². The van der Waals surface area contributed by atoms with Crippen LogP contribution in [0.3, 0.4) is 0 Å². The lowest BCUT2D eigenvalue weighted by atomic mass is 9.76. The second-order valence-corrected chi connectivity index (χ2v) is 5.48. The number of quaternary nitrogens is 1. The molecule has 1 aromatic rings. The molecule has 0 spiro atoms. The third-order valence-corrected chi connectivity index (χ3v) is 4.39. The molecule has 3 fully saturated rings. The minimum atomic E-state index is 0.0913. The summed E-state index contributed by atoms with van der Waals surface area (Å²) in [5.74, 6) is 1.44. The number of rotatable bonds is 2. The molecule has 86 valence electrons. The van der Waals surface area contributed by atoms with E-state index in [4.69, 9.17) is 0 Å². The normalized spacial score (nSPS) is 37.6. The zero-order valence-corrected chi connectivity index (χ0v) is 9.64. The number of nitrogens with zero attached hydrogens (tertiary/aromatic N) is 1. The minimum absolute atomic E-state index is 0.0913. The Hall–Kier alpha value is -0.860. The van der Waals surface area contributed by atoms with Gasteiger partial charge in [-0.2, -0.15) is 0 Å². The quantitative estimate of drug-likeness (QED) is 0.551. The van der Waals surface area contributed by atoms with Crippen LogP contribution in [0.4, 0.5) is 0 Å². The predicted octanol–water partition coefficient (Wildman–Crippen LogP) is 2.58. The van der Waals surface area contributed by atoms with Crippen molar-refractivity contribution in [1.29, 1.82) is 0 Å². The van der Waals surface area contributed by atoms with Crippen molar-refractivity contribution in [2.24, 2.45) is 11.8 Å². The molecular weight excluding hydrogens is 198 g/mol. The number of hydroxylamine groups is 3. The van der Waals surface area contributed by atoms with Crippen molar-refractivity contribution in [3.05, 3.63) is 41.1 Å². The summed E-state index contributed by atoms with van der Waals surface area (Å²) in [6.45, 7) is 2.60. The van der Waals surface area contributed by atoms with Crippen molar-refractivity contribution in [3.63, 3.8) is 0 Å². The molecule has 0 radical (unpaired) electrons. The van der Waals surface area contributed by atoms with Crippen molar-refractivity contribution in [3.8, 4) is 0 Å². The van der Waals surface area contributed by atoms with E-state index in [1.165, 1.54) is 5.56 Å². The zero-order chi connectivity index (χ0) is 11.0. The maximum absolute atomic E-state index is 12.3. The van der Waals surface area contributed by atoms with Crippen LogP contribution >= 0.6 is 0 Å². The molecule has 1 aromatic carbocycles. The van der Waals surface area contributed by atoms with Gasteiger partial charge in [0.25, 0.3) is 0 Å². The topological polar surface area (TPSA) is 23.1 Å². The van der Waals surface area contributed by atoms with Crippen molar-refractivity contribution in [2.75, 3.05) is 19.6 Å². The predicted molar refractivity (Wildman–Crippen MR) is 64.6 cm³/mol. The highest BCUT2D eigenvalue weighted by Crippen LogP contribution is 2.38. The molecule has 4 rings (SSSR count). The van der Waals surface area contributed by atoms with Gasteiger partial charge in [0, 0.05) is 18.8 Å². The number of benzene rings is 1. The summed E-state index contributed by atoms with van der Waals surface area (Å²) in [6, 6.07) is 10.6. The van der Waals surface area contributed by atoms with Gasteiger partial charge in [0.1, 0.15) is 0 Å². The summed E-state index contributed by atoms with van der Waals surface area (Å²) in [7, 11) is 0. The lowest BCUT2D eigenvalue weighted by molar-refractivity contribution is -0.901. The maximum atomic E-state index is 12.3. The Balaban J connectivity index is 1.72. The van der Waals surface area contributed by atoms with Crippen LogP contribution in [0.15, 0.2) is 30.3 Å². The van der Waals surface area contributed by atoms with Crippen molar-refractivity contribution < 1.29 is 4.65 Å².